The lowest BCUT2D eigenvalue weighted by molar-refractivity contribution is 0.238. The van der Waals surface area contributed by atoms with Gasteiger partial charge >= 0.3 is 0 Å². The van der Waals surface area contributed by atoms with Gasteiger partial charge in [0.15, 0.2) is 0 Å². The van der Waals surface area contributed by atoms with Crippen LogP contribution in [0, 0.1) is 11.8 Å². The summed E-state index contributed by atoms with van der Waals surface area (Å²) < 4.78 is 26.4. The van der Waals surface area contributed by atoms with Crippen LogP contribution in [0.2, 0.25) is 0 Å². The molecular weight excluding hydrogens is 332 g/mol. The molecule has 2 rings (SSSR count). The number of hydrogen-bond donors (Lipinski definition) is 3. The molecule has 0 aliphatic rings. The summed E-state index contributed by atoms with van der Waals surface area (Å²) in [5, 5.41) is 8.72. The Kier molecular flexibility index (Phi) is 5.84. The predicted molar refractivity (Wildman–Crippen MR) is 91.6 cm³/mol. The summed E-state index contributed by atoms with van der Waals surface area (Å²) in [5.74, 6) is 5.60. The van der Waals surface area contributed by atoms with Crippen LogP contribution in [-0.4, -0.2) is 25.2 Å². The fraction of sp³-hybridized carbons (Fsp3) is 0.0625. The van der Waals surface area contributed by atoms with E-state index in [1.54, 1.807) is 42.5 Å². The zero-order chi connectivity index (χ0) is 16.7. The molecule has 2 aromatic rings. The van der Waals surface area contributed by atoms with Crippen LogP contribution in [0.25, 0.3) is 0 Å². The number of sulfonamides is 1. The summed E-state index contributed by atoms with van der Waals surface area (Å²) in [6, 6.07) is 15.0. The molecule has 0 spiro atoms. The third kappa shape index (κ3) is 4.87. The van der Waals surface area contributed by atoms with Crippen LogP contribution < -0.4 is 10.2 Å². The maximum absolute atomic E-state index is 12.0. The molecule has 0 saturated carbocycles. The van der Waals surface area contributed by atoms with Gasteiger partial charge in [0.1, 0.15) is 4.99 Å². The Balaban J connectivity index is 1.97. The molecule has 0 aliphatic heterocycles. The first-order valence-electron chi connectivity index (χ1n) is 6.61. The number of nitrogens with one attached hydrogen (secondary N) is 2. The third-order valence-corrected chi connectivity index (χ3v) is 4.63. The summed E-state index contributed by atoms with van der Waals surface area (Å²) in [6.07, 6.45) is 0. The van der Waals surface area contributed by atoms with E-state index in [-0.39, 0.29) is 16.4 Å². The van der Waals surface area contributed by atoms with Crippen molar-refractivity contribution in [2.75, 3.05) is 6.54 Å². The minimum atomic E-state index is -3.54. The Bertz CT molecular complexity index is 836. The molecule has 0 aliphatic carbocycles. The van der Waals surface area contributed by atoms with Crippen LogP contribution >= 0.6 is 12.2 Å². The molecule has 5 nitrogen and oxygen atoms in total. The standard InChI is InChI=1S/C16H14N2O3S2/c19-18-16(22)14-10-8-13(9-11-14)5-4-12-17-23(20,21)15-6-2-1-3-7-15/h1-3,6-11,17,19H,12H2,(H,18,22). The monoisotopic (exact) mass is 346 g/mol. The molecule has 0 aromatic heterocycles. The third-order valence-electron chi connectivity index (χ3n) is 2.89. The Morgan fingerprint density at radius 1 is 1.09 bits per heavy atom. The Morgan fingerprint density at radius 2 is 1.74 bits per heavy atom. The molecule has 118 valence electrons. The highest BCUT2D eigenvalue weighted by Gasteiger charge is 2.11. The largest absolute Gasteiger partial charge is 0.290 e. The summed E-state index contributed by atoms with van der Waals surface area (Å²) >= 11 is 4.88. The predicted octanol–water partition coefficient (Wildman–Crippen LogP) is 1.67. The molecule has 0 heterocycles. The average Bonchev–Trinajstić information content (AvgIpc) is 2.59. The van der Waals surface area contributed by atoms with Gasteiger partial charge in [-0.2, -0.15) is 4.72 Å². The molecule has 2 aromatic carbocycles. The van der Waals surface area contributed by atoms with E-state index in [4.69, 9.17) is 17.4 Å². The van der Waals surface area contributed by atoms with Gasteiger partial charge in [-0.3, -0.25) is 10.7 Å². The van der Waals surface area contributed by atoms with Crippen molar-refractivity contribution in [3.63, 3.8) is 0 Å². The van der Waals surface area contributed by atoms with Crippen LogP contribution in [-0.2, 0) is 10.0 Å². The van der Waals surface area contributed by atoms with Crippen LogP contribution in [0.15, 0.2) is 59.5 Å². The molecule has 0 atom stereocenters. The van der Waals surface area contributed by atoms with Crippen molar-refractivity contribution in [2.24, 2.45) is 0 Å². The lowest BCUT2D eigenvalue weighted by Gasteiger charge is -2.03. The zero-order valence-electron chi connectivity index (χ0n) is 12.0. The van der Waals surface area contributed by atoms with Gasteiger partial charge in [-0.15, -0.1) is 0 Å². The molecular formula is C16H14N2O3S2. The van der Waals surface area contributed by atoms with Crippen molar-refractivity contribution in [1.82, 2.24) is 10.2 Å². The molecule has 0 fully saturated rings. The van der Waals surface area contributed by atoms with E-state index in [0.29, 0.717) is 11.1 Å². The van der Waals surface area contributed by atoms with Crippen LogP contribution in [0.1, 0.15) is 11.1 Å². The quantitative estimate of drug-likeness (QED) is 0.446. The first-order valence-corrected chi connectivity index (χ1v) is 8.50. The number of hydroxylamine groups is 1. The minimum absolute atomic E-state index is 0.00951. The smallest absolute Gasteiger partial charge is 0.241 e. The van der Waals surface area contributed by atoms with Gasteiger partial charge in [0.25, 0.3) is 0 Å². The summed E-state index contributed by atoms with van der Waals surface area (Å²) in [6.45, 7) is 0.00951. The lowest BCUT2D eigenvalue weighted by atomic mass is 10.1. The summed E-state index contributed by atoms with van der Waals surface area (Å²) in [7, 11) is -3.54. The van der Waals surface area contributed by atoms with Crippen LogP contribution in [0.4, 0.5) is 0 Å². The molecule has 23 heavy (non-hydrogen) atoms. The number of benzene rings is 2. The lowest BCUT2D eigenvalue weighted by Crippen LogP contribution is -2.23. The van der Waals surface area contributed by atoms with Crippen LogP contribution in [0.5, 0.6) is 0 Å². The van der Waals surface area contributed by atoms with E-state index in [0.717, 1.165) is 0 Å². The van der Waals surface area contributed by atoms with E-state index in [1.165, 1.54) is 12.1 Å². The molecule has 0 saturated heterocycles. The normalized spacial score (nSPS) is 10.5. The van der Waals surface area contributed by atoms with E-state index >= 15 is 0 Å². The van der Waals surface area contributed by atoms with Gasteiger partial charge in [0.05, 0.1) is 11.4 Å². The van der Waals surface area contributed by atoms with E-state index < -0.39 is 10.0 Å². The van der Waals surface area contributed by atoms with Gasteiger partial charge < -0.3 is 0 Å². The first kappa shape index (κ1) is 17.1. The number of rotatable bonds is 4. The molecule has 0 radical (unpaired) electrons. The Labute approximate surface area is 140 Å². The SMILES string of the molecule is O=S(=O)(NCC#Cc1ccc(C(=S)NO)cc1)c1ccccc1. The Hall–Kier alpha value is -2.24. The minimum Gasteiger partial charge on any atom is -0.290 e. The summed E-state index contributed by atoms with van der Waals surface area (Å²) in [4.78, 5) is 0.427. The van der Waals surface area contributed by atoms with Gasteiger partial charge in [-0.05, 0) is 24.3 Å². The highest BCUT2D eigenvalue weighted by atomic mass is 32.2. The first-order chi connectivity index (χ1) is 11.0. The van der Waals surface area contributed by atoms with Crippen molar-refractivity contribution in [3.8, 4) is 11.8 Å². The van der Waals surface area contributed by atoms with Gasteiger partial charge in [0.2, 0.25) is 10.0 Å². The van der Waals surface area contributed by atoms with E-state index in [2.05, 4.69) is 16.6 Å². The van der Waals surface area contributed by atoms with Gasteiger partial charge in [-0.25, -0.2) is 8.42 Å². The van der Waals surface area contributed by atoms with Gasteiger partial charge in [0, 0.05) is 11.1 Å². The topological polar surface area (TPSA) is 78.4 Å². The average molecular weight is 346 g/mol. The fourth-order valence-electron chi connectivity index (χ4n) is 1.73. The van der Waals surface area contributed by atoms with Crippen molar-refractivity contribution in [1.29, 1.82) is 0 Å². The molecule has 0 amide bonds. The second-order valence-corrected chi connectivity index (χ2v) is 6.63. The second kappa shape index (κ2) is 7.85. The Morgan fingerprint density at radius 3 is 2.35 bits per heavy atom. The zero-order valence-corrected chi connectivity index (χ0v) is 13.6. The maximum atomic E-state index is 12.0. The van der Waals surface area contributed by atoms with E-state index in [9.17, 15) is 8.42 Å². The molecule has 3 N–H and O–H groups in total. The van der Waals surface area contributed by atoms with Crippen molar-refractivity contribution < 1.29 is 13.6 Å². The maximum Gasteiger partial charge on any atom is 0.241 e. The highest BCUT2D eigenvalue weighted by molar-refractivity contribution is 7.89. The molecule has 0 bridgehead atoms. The number of thiocarbonyl (C=S) groups is 1. The fourth-order valence-corrected chi connectivity index (χ4v) is 2.81. The van der Waals surface area contributed by atoms with E-state index in [1.807, 2.05) is 5.48 Å². The summed E-state index contributed by atoms with van der Waals surface area (Å²) in [5.41, 5.74) is 3.28. The van der Waals surface area contributed by atoms with Crippen LogP contribution in [0.3, 0.4) is 0 Å². The second-order valence-electron chi connectivity index (χ2n) is 4.46. The molecule has 0 unspecified atom stereocenters. The highest BCUT2D eigenvalue weighted by Crippen LogP contribution is 2.06. The van der Waals surface area contributed by atoms with Gasteiger partial charge in [-0.1, -0.05) is 54.4 Å². The number of hydrogen-bond acceptors (Lipinski definition) is 4. The van der Waals surface area contributed by atoms with Crippen molar-refractivity contribution >= 4 is 27.2 Å². The van der Waals surface area contributed by atoms with Crippen molar-refractivity contribution in [2.45, 2.75) is 4.90 Å². The molecule has 7 heteroatoms. The van der Waals surface area contributed by atoms with Crippen molar-refractivity contribution in [3.05, 3.63) is 65.7 Å².